The third kappa shape index (κ3) is 55.8. The molecule has 0 spiro atoms. The van der Waals surface area contributed by atoms with Crippen LogP contribution in [0.4, 0.5) is 0 Å². The van der Waals surface area contributed by atoms with E-state index in [-0.39, 0.29) is 32.6 Å². The van der Waals surface area contributed by atoms with Gasteiger partial charge in [0, 0.05) is 19.4 Å². The van der Waals surface area contributed by atoms with E-state index in [1.807, 2.05) is 0 Å². The van der Waals surface area contributed by atoms with Gasteiger partial charge in [0.1, 0.15) is 6.61 Å². The molecule has 0 aromatic rings. The van der Waals surface area contributed by atoms with Crippen LogP contribution < -0.4 is 5.73 Å². The molecule has 2 unspecified atom stereocenters. The van der Waals surface area contributed by atoms with Gasteiger partial charge in [0.2, 0.25) is 0 Å². The molecule has 10 heteroatoms. The van der Waals surface area contributed by atoms with E-state index < -0.39 is 32.5 Å². The molecule has 0 aliphatic heterocycles. The van der Waals surface area contributed by atoms with Crippen LogP contribution in [0.1, 0.15) is 232 Å². The van der Waals surface area contributed by atoms with Crippen LogP contribution in [0, 0.1) is 0 Å². The van der Waals surface area contributed by atoms with Gasteiger partial charge < -0.3 is 20.1 Å². The molecule has 0 aliphatic carbocycles. The Balaban J connectivity index is 3.87. The lowest BCUT2D eigenvalue weighted by Crippen LogP contribution is -2.29. The van der Waals surface area contributed by atoms with Crippen LogP contribution in [-0.4, -0.2) is 49.3 Å². The van der Waals surface area contributed by atoms with Gasteiger partial charge in [-0.25, -0.2) is 4.57 Å². The lowest BCUT2D eigenvalue weighted by Gasteiger charge is -2.19. The van der Waals surface area contributed by atoms with Gasteiger partial charge in [0.05, 0.1) is 13.2 Å². The number of carbonyl (C=O) groups excluding carboxylic acids is 2. The second-order valence-corrected chi connectivity index (χ2v) is 19.8. The van der Waals surface area contributed by atoms with Crippen molar-refractivity contribution in [3.63, 3.8) is 0 Å². The summed E-state index contributed by atoms with van der Waals surface area (Å²) in [6.07, 6.45) is 76.0. The van der Waals surface area contributed by atoms with Gasteiger partial charge in [-0.1, -0.05) is 232 Å². The Hall–Kier alpha value is -3.33. The fraction of sp³-hybridized carbons (Fsp3) is 0.672. The van der Waals surface area contributed by atoms with Gasteiger partial charge in [0.15, 0.2) is 6.10 Å². The highest BCUT2D eigenvalue weighted by Crippen LogP contribution is 2.43. The summed E-state index contributed by atoms with van der Waals surface area (Å²) in [6, 6.07) is 0. The molecule has 0 aromatic carbocycles. The van der Waals surface area contributed by atoms with Gasteiger partial charge in [-0.05, 0) is 96.3 Å². The molecule has 0 rings (SSSR count). The first-order chi connectivity index (χ1) is 34.8. The monoisotopic (exact) mass is 1010 g/mol. The first-order valence-corrected chi connectivity index (χ1v) is 29.9. The van der Waals surface area contributed by atoms with Crippen LogP contribution in [0.15, 0.2) is 109 Å². The Morgan fingerprint density at radius 1 is 0.423 bits per heavy atom. The van der Waals surface area contributed by atoms with Crippen LogP contribution in [0.5, 0.6) is 0 Å². The first-order valence-electron chi connectivity index (χ1n) is 28.4. The predicted octanol–water partition coefficient (Wildman–Crippen LogP) is 17.8. The maximum Gasteiger partial charge on any atom is 0.472 e. The molecule has 0 aliphatic rings. The van der Waals surface area contributed by atoms with Crippen LogP contribution in [0.3, 0.4) is 0 Å². The number of carbonyl (C=O) groups is 2. The number of phosphoric acid groups is 1. The number of rotatable bonds is 52. The molecular formula is C61H104NO8P. The Labute approximate surface area is 435 Å². The zero-order valence-corrected chi connectivity index (χ0v) is 46.1. The second-order valence-electron chi connectivity index (χ2n) is 18.4. The van der Waals surface area contributed by atoms with E-state index in [0.717, 1.165) is 96.3 Å². The van der Waals surface area contributed by atoms with Gasteiger partial charge in [-0.15, -0.1) is 0 Å². The van der Waals surface area contributed by atoms with Gasteiger partial charge in [-0.3, -0.25) is 18.6 Å². The molecule has 0 amide bonds. The first kappa shape index (κ1) is 67.7. The third-order valence-electron chi connectivity index (χ3n) is 11.7. The van der Waals surface area contributed by atoms with Crippen LogP contribution in [-0.2, 0) is 32.7 Å². The van der Waals surface area contributed by atoms with Gasteiger partial charge in [-0.2, -0.15) is 0 Å². The average Bonchev–Trinajstić information content (AvgIpc) is 3.36. The molecule has 0 fully saturated rings. The molecular weight excluding hydrogens is 906 g/mol. The maximum atomic E-state index is 12.7. The summed E-state index contributed by atoms with van der Waals surface area (Å²) >= 11 is 0. The minimum absolute atomic E-state index is 0.0458. The molecule has 0 saturated heterocycles. The van der Waals surface area contributed by atoms with Crippen molar-refractivity contribution in [1.82, 2.24) is 0 Å². The lowest BCUT2D eigenvalue weighted by molar-refractivity contribution is -0.161. The molecule has 406 valence electrons. The van der Waals surface area contributed by atoms with Crippen molar-refractivity contribution in [2.75, 3.05) is 26.4 Å². The van der Waals surface area contributed by atoms with E-state index in [1.165, 1.54) is 96.3 Å². The third-order valence-corrected chi connectivity index (χ3v) is 12.6. The van der Waals surface area contributed by atoms with E-state index in [1.54, 1.807) is 0 Å². The molecule has 0 heterocycles. The highest BCUT2D eigenvalue weighted by Gasteiger charge is 2.26. The van der Waals surface area contributed by atoms with Crippen LogP contribution in [0.25, 0.3) is 0 Å². The molecule has 0 aromatic heterocycles. The number of ether oxygens (including phenoxy) is 2. The summed E-state index contributed by atoms with van der Waals surface area (Å²) in [5.74, 6) is -0.864. The smallest absolute Gasteiger partial charge is 0.462 e. The number of phosphoric ester groups is 1. The highest BCUT2D eigenvalue weighted by atomic mass is 31.2. The predicted molar refractivity (Wildman–Crippen MR) is 302 cm³/mol. The van der Waals surface area contributed by atoms with Crippen molar-refractivity contribution in [1.29, 1.82) is 0 Å². The highest BCUT2D eigenvalue weighted by molar-refractivity contribution is 7.47. The number of esters is 2. The summed E-state index contributed by atoms with van der Waals surface area (Å²) < 4.78 is 32.9. The number of hydrogen-bond donors (Lipinski definition) is 2. The van der Waals surface area contributed by atoms with Crippen molar-refractivity contribution < 1.29 is 37.6 Å². The number of hydrogen-bond acceptors (Lipinski definition) is 8. The average molecular weight is 1010 g/mol. The van der Waals surface area contributed by atoms with Crippen molar-refractivity contribution in [2.45, 2.75) is 238 Å². The molecule has 0 bridgehead atoms. The maximum absolute atomic E-state index is 12.7. The quantitative estimate of drug-likeness (QED) is 0.0264. The lowest BCUT2D eigenvalue weighted by atomic mass is 10.0. The van der Waals surface area contributed by atoms with E-state index >= 15 is 0 Å². The summed E-state index contributed by atoms with van der Waals surface area (Å²) in [4.78, 5) is 35.0. The minimum Gasteiger partial charge on any atom is -0.462 e. The van der Waals surface area contributed by atoms with E-state index in [9.17, 15) is 19.0 Å². The fourth-order valence-electron chi connectivity index (χ4n) is 7.54. The van der Waals surface area contributed by atoms with Gasteiger partial charge in [0.25, 0.3) is 0 Å². The zero-order valence-electron chi connectivity index (χ0n) is 45.2. The molecule has 0 radical (unpaired) electrons. The van der Waals surface area contributed by atoms with Gasteiger partial charge >= 0.3 is 19.8 Å². The Morgan fingerprint density at radius 3 is 1.10 bits per heavy atom. The fourth-order valence-corrected chi connectivity index (χ4v) is 8.30. The normalized spacial score (nSPS) is 13.9. The van der Waals surface area contributed by atoms with Crippen molar-refractivity contribution in [2.24, 2.45) is 5.73 Å². The molecule has 9 nitrogen and oxygen atoms in total. The van der Waals surface area contributed by atoms with Crippen molar-refractivity contribution in [3.8, 4) is 0 Å². The minimum atomic E-state index is -4.39. The molecule has 2 atom stereocenters. The molecule has 0 saturated carbocycles. The van der Waals surface area contributed by atoms with Crippen LogP contribution >= 0.6 is 7.82 Å². The molecule has 71 heavy (non-hydrogen) atoms. The number of unbranched alkanes of at least 4 members (excludes halogenated alkanes) is 21. The Morgan fingerprint density at radius 2 is 0.732 bits per heavy atom. The van der Waals surface area contributed by atoms with Crippen molar-refractivity contribution >= 4 is 19.8 Å². The topological polar surface area (TPSA) is 134 Å². The zero-order chi connectivity index (χ0) is 51.7. The summed E-state index contributed by atoms with van der Waals surface area (Å²) in [5, 5.41) is 0. The largest absolute Gasteiger partial charge is 0.472 e. The summed E-state index contributed by atoms with van der Waals surface area (Å²) in [5.41, 5.74) is 5.37. The van der Waals surface area contributed by atoms with E-state index in [2.05, 4.69) is 123 Å². The SMILES string of the molecule is CC/C=C\C/C=C\C/C=C\C/C=C\C/C=C\C/C=C\CCCCCCCCCCCCCCCCCCCCC(=O)OC(COC(=O)CCCCC/C=C\C/C=C\C/C=C\CC)COP(=O)(O)OCCN. The van der Waals surface area contributed by atoms with Crippen molar-refractivity contribution in [3.05, 3.63) is 109 Å². The Bertz CT molecular complexity index is 1530. The van der Waals surface area contributed by atoms with E-state index in [0.29, 0.717) is 12.8 Å². The standard InChI is InChI=1S/C61H104NO8P/c1-3-5-7-9-11-13-15-17-18-19-20-21-22-23-24-25-26-27-28-29-30-31-32-33-34-35-36-37-38-39-40-42-44-46-48-50-52-54-61(64)70-59(58-69-71(65,66)68-56-55-62)57-67-60(63)53-51-49-47-45-43-41-16-14-12-10-8-6-4-2/h5-8,11-14,17-18,20-21,23-24,26-27,41,43,59H,3-4,9-10,15-16,19,22,25,28-40,42,44-58,62H2,1-2H3,(H,65,66)/b7-5-,8-6-,13-11-,14-12-,18-17-,21-20-,24-23-,27-26-,43-41-. The summed E-state index contributed by atoms with van der Waals surface area (Å²) in [7, 11) is -4.39. The number of allylic oxidation sites excluding steroid dienone is 18. The molecule has 3 N–H and O–H groups in total. The number of nitrogens with two attached hydrogens (primary N) is 1. The van der Waals surface area contributed by atoms with E-state index in [4.69, 9.17) is 24.3 Å². The Kier molecular flexibility index (Phi) is 53.3. The second kappa shape index (κ2) is 56.0. The summed E-state index contributed by atoms with van der Waals surface area (Å²) in [6.45, 7) is 3.47. The van der Waals surface area contributed by atoms with Crippen LogP contribution in [0.2, 0.25) is 0 Å².